The Morgan fingerprint density at radius 2 is 1.53 bits per heavy atom. The smallest absolute Gasteiger partial charge is 0.269 e. The number of amides is 1. The van der Waals surface area contributed by atoms with Crippen LogP contribution < -0.4 is 14.8 Å². The van der Waals surface area contributed by atoms with E-state index in [4.69, 9.17) is 9.47 Å². The highest BCUT2D eigenvalue weighted by Gasteiger charge is 2.26. The molecular weight excluding hydrogens is 568 g/mol. The van der Waals surface area contributed by atoms with Crippen molar-refractivity contribution in [3.05, 3.63) is 99.6 Å². The number of carbonyl (C=O) groups excluding carboxylic acids is 1. The van der Waals surface area contributed by atoms with E-state index in [1.54, 1.807) is 24.3 Å². The van der Waals surface area contributed by atoms with Gasteiger partial charge in [-0.3, -0.25) is 14.9 Å². The van der Waals surface area contributed by atoms with Gasteiger partial charge in [0, 0.05) is 35.0 Å². The van der Waals surface area contributed by atoms with Gasteiger partial charge in [0.05, 0.1) is 17.1 Å². The van der Waals surface area contributed by atoms with Gasteiger partial charge in [0.2, 0.25) is 0 Å². The number of benzene rings is 4. The van der Waals surface area contributed by atoms with E-state index < -0.39 is 10.8 Å². The summed E-state index contributed by atoms with van der Waals surface area (Å²) >= 11 is 0. The third kappa shape index (κ3) is 7.74. The second-order valence-corrected chi connectivity index (χ2v) is 12.7. The van der Waals surface area contributed by atoms with Gasteiger partial charge in [0.1, 0.15) is 23.0 Å². The summed E-state index contributed by atoms with van der Waals surface area (Å²) < 4.78 is 12.3. The van der Waals surface area contributed by atoms with E-state index in [2.05, 4.69) is 65.1 Å². The summed E-state index contributed by atoms with van der Waals surface area (Å²) in [5, 5.41) is 26.0. The summed E-state index contributed by atoms with van der Waals surface area (Å²) in [7, 11) is 0. The van der Waals surface area contributed by atoms with Crippen molar-refractivity contribution in [3.8, 4) is 23.0 Å². The summed E-state index contributed by atoms with van der Waals surface area (Å²) in [6.07, 6.45) is 3.48. The van der Waals surface area contributed by atoms with Gasteiger partial charge in [0.15, 0.2) is 0 Å². The van der Waals surface area contributed by atoms with Crippen molar-refractivity contribution >= 4 is 22.4 Å². The Morgan fingerprint density at radius 3 is 2.18 bits per heavy atom. The van der Waals surface area contributed by atoms with E-state index in [-0.39, 0.29) is 27.8 Å². The summed E-state index contributed by atoms with van der Waals surface area (Å²) in [6.45, 7) is 14.4. The molecule has 0 unspecified atom stereocenters. The first kappa shape index (κ1) is 33.3. The number of nitrogens with one attached hydrogen (secondary N) is 1. The minimum atomic E-state index is -0.482. The first-order chi connectivity index (χ1) is 21.4. The van der Waals surface area contributed by atoms with Crippen LogP contribution in [-0.2, 0) is 10.8 Å². The zero-order chi connectivity index (χ0) is 32.8. The largest absolute Gasteiger partial charge is 0.506 e. The van der Waals surface area contributed by atoms with Gasteiger partial charge in [0.25, 0.3) is 11.6 Å². The predicted octanol–water partition coefficient (Wildman–Crippen LogP) is 9.21. The van der Waals surface area contributed by atoms with E-state index >= 15 is 0 Å². The minimum absolute atomic E-state index is 0.0218. The molecule has 0 aliphatic carbocycles. The Balaban J connectivity index is 1.40. The van der Waals surface area contributed by atoms with E-state index in [0.717, 1.165) is 25.0 Å². The van der Waals surface area contributed by atoms with Crippen LogP contribution in [0.3, 0.4) is 0 Å². The molecule has 0 radical (unpaired) electrons. The molecule has 8 heteroatoms. The average molecular weight is 613 g/mol. The molecule has 0 heterocycles. The normalized spacial score (nSPS) is 11.8. The molecule has 0 aliphatic heterocycles. The standard InChI is InChI=1S/C37H44N2O6/c1-7-36(3,4)25-15-20-32(31(23-25)37(5,6)8-2)44-22-12-11-21-38-35(41)30-24-33(28-13-9-10-14-29(28)34(30)40)45-27-18-16-26(17-19-27)39(42)43/h9-10,13-20,23-24,40H,7-8,11-12,21-22H2,1-6H3,(H,38,41). The second kappa shape index (κ2) is 14.0. The number of hydrogen-bond donors (Lipinski definition) is 2. The van der Waals surface area contributed by atoms with Crippen molar-refractivity contribution in [2.75, 3.05) is 13.2 Å². The van der Waals surface area contributed by atoms with Crippen LogP contribution >= 0.6 is 0 Å². The molecule has 4 aromatic rings. The van der Waals surface area contributed by atoms with Gasteiger partial charge in [-0.25, -0.2) is 0 Å². The minimum Gasteiger partial charge on any atom is -0.506 e. The first-order valence-corrected chi connectivity index (χ1v) is 15.6. The molecule has 0 bridgehead atoms. The van der Waals surface area contributed by atoms with Gasteiger partial charge in [-0.1, -0.05) is 77.9 Å². The molecule has 45 heavy (non-hydrogen) atoms. The topological polar surface area (TPSA) is 111 Å². The van der Waals surface area contributed by atoms with E-state index in [1.807, 2.05) is 0 Å². The molecule has 4 aromatic carbocycles. The molecule has 0 aromatic heterocycles. The molecule has 1 amide bonds. The number of carbonyl (C=O) groups is 1. The summed E-state index contributed by atoms with van der Waals surface area (Å²) in [6, 6.07) is 20.8. The monoisotopic (exact) mass is 612 g/mol. The van der Waals surface area contributed by atoms with Crippen molar-refractivity contribution in [2.45, 2.75) is 78.1 Å². The predicted molar refractivity (Wildman–Crippen MR) is 179 cm³/mol. The van der Waals surface area contributed by atoms with Crippen LogP contribution in [0.4, 0.5) is 5.69 Å². The number of rotatable bonds is 14. The van der Waals surface area contributed by atoms with E-state index in [1.165, 1.54) is 41.5 Å². The van der Waals surface area contributed by atoms with Crippen LogP contribution in [0.15, 0.2) is 72.8 Å². The van der Waals surface area contributed by atoms with E-state index in [0.29, 0.717) is 41.8 Å². The van der Waals surface area contributed by atoms with Crippen LogP contribution in [0.1, 0.15) is 88.7 Å². The highest BCUT2D eigenvalue weighted by Crippen LogP contribution is 2.40. The maximum atomic E-state index is 13.2. The van der Waals surface area contributed by atoms with Crippen LogP contribution in [-0.4, -0.2) is 29.1 Å². The van der Waals surface area contributed by atoms with Crippen molar-refractivity contribution in [1.29, 1.82) is 0 Å². The molecule has 0 spiro atoms. The molecule has 2 N–H and O–H groups in total. The number of aromatic hydroxyl groups is 1. The number of hydrogen-bond acceptors (Lipinski definition) is 6. The zero-order valence-corrected chi connectivity index (χ0v) is 27.1. The molecule has 4 rings (SSSR count). The number of unbranched alkanes of at least 4 members (excludes halogenated alkanes) is 1. The summed E-state index contributed by atoms with van der Waals surface area (Å²) in [5.41, 5.74) is 2.63. The highest BCUT2D eigenvalue weighted by molar-refractivity contribution is 6.05. The Morgan fingerprint density at radius 1 is 0.867 bits per heavy atom. The number of fused-ring (bicyclic) bond motifs is 1. The Hall–Kier alpha value is -4.59. The third-order valence-electron chi connectivity index (χ3n) is 8.87. The molecule has 8 nitrogen and oxygen atoms in total. The Bertz CT molecular complexity index is 1660. The summed E-state index contributed by atoms with van der Waals surface area (Å²) in [5.74, 6) is 1.08. The number of phenolic OH excluding ortho intramolecular Hbond substituents is 1. The lowest BCUT2D eigenvalue weighted by molar-refractivity contribution is -0.384. The fourth-order valence-corrected chi connectivity index (χ4v) is 5.05. The van der Waals surface area contributed by atoms with Gasteiger partial charge in [-0.05, 0) is 66.3 Å². The fourth-order valence-electron chi connectivity index (χ4n) is 5.05. The van der Waals surface area contributed by atoms with Gasteiger partial charge in [-0.15, -0.1) is 0 Å². The van der Waals surface area contributed by atoms with Crippen LogP contribution in [0, 0.1) is 10.1 Å². The van der Waals surface area contributed by atoms with Gasteiger partial charge >= 0.3 is 0 Å². The number of nitrogens with zero attached hydrogens (tertiary/aromatic N) is 1. The Labute approximate surface area is 265 Å². The lowest BCUT2D eigenvalue weighted by Crippen LogP contribution is -2.25. The van der Waals surface area contributed by atoms with Gasteiger partial charge in [-0.2, -0.15) is 0 Å². The fraction of sp³-hybridized carbons (Fsp3) is 0.378. The van der Waals surface area contributed by atoms with Crippen LogP contribution in [0.2, 0.25) is 0 Å². The highest BCUT2D eigenvalue weighted by atomic mass is 16.6. The number of non-ortho nitro benzene ring substituents is 1. The van der Waals surface area contributed by atoms with E-state index in [9.17, 15) is 20.0 Å². The number of nitro benzene ring substituents is 1. The van der Waals surface area contributed by atoms with Crippen LogP contribution in [0.5, 0.6) is 23.0 Å². The number of phenols is 1. The quantitative estimate of drug-likeness (QED) is 0.0834. The first-order valence-electron chi connectivity index (χ1n) is 15.6. The molecule has 0 aliphatic rings. The molecule has 0 saturated carbocycles. The van der Waals surface area contributed by atoms with Crippen LogP contribution in [0.25, 0.3) is 10.8 Å². The third-order valence-corrected chi connectivity index (χ3v) is 8.87. The summed E-state index contributed by atoms with van der Waals surface area (Å²) in [4.78, 5) is 23.7. The molecular formula is C37H44N2O6. The van der Waals surface area contributed by atoms with Crippen molar-refractivity contribution in [2.24, 2.45) is 0 Å². The average Bonchev–Trinajstić information content (AvgIpc) is 3.04. The molecule has 0 atom stereocenters. The van der Waals surface area contributed by atoms with Gasteiger partial charge < -0.3 is 19.9 Å². The number of ether oxygens (including phenoxy) is 2. The lowest BCUT2D eigenvalue weighted by atomic mass is 9.76. The zero-order valence-electron chi connectivity index (χ0n) is 27.1. The maximum Gasteiger partial charge on any atom is 0.269 e. The lowest BCUT2D eigenvalue weighted by Gasteiger charge is -2.30. The SMILES string of the molecule is CCC(C)(C)c1ccc(OCCCCNC(=O)c2cc(Oc3ccc([N+](=O)[O-])cc3)c3ccccc3c2O)c(C(C)(C)CC)c1. The van der Waals surface area contributed by atoms with Crippen molar-refractivity contribution < 1.29 is 24.3 Å². The van der Waals surface area contributed by atoms with Crippen molar-refractivity contribution in [1.82, 2.24) is 5.32 Å². The molecule has 0 fully saturated rings. The molecule has 238 valence electrons. The Kier molecular flexibility index (Phi) is 10.4. The number of nitro groups is 1. The van der Waals surface area contributed by atoms with Crippen molar-refractivity contribution in [3.63, 3.8) is 0 Å². The second-order valence-electron chi connectivity index (χ2n) is 12.7. The molecule has 0 saturated heterocycles. The maximum absolute atomic E-state index is 13.2.